The molecule has 0 unspecified atom stereocenters. The van der Waals surface area contributed by atoms with E-state index < -0.39 is 22.2 Å². The van der Waals surface area contributed by atoms with Crippen LogP contribution in [0.3, 0.4) is 0 Å². The Bertz CT molecular complexity index is 1500. The third-order valence-corrected chi connectivity index (χ3v) is 9.43. The molecule has 0 aromatic heterocycles. The van der Waals surface area contributed by atoms with Crippen molar-refractivity contribution >= 4 is 49.1 Å². The Morgan fingerprint density at radius 2 is 1.34 bits per heavy atom. The van der Waals surface area contributed by atoms with Gasteiger partial charge < -0.3 is 10.3 Å². The van der Waals surface area contributed by atoms with E-state index in [4.69, 9.17) is 9.98 Å². The van der Waals surface area contributed by atoms with Crippen molar-refractivity contribution in [1.82, 2.24) is 5.06 Å². The smallest absolute Gasteiger partial charge is 0.364 e. The van der Waals surface area contributed by atoms with Crippen LogP contribution in [-0.2, 0) is 0 Å². The van der Waals surface area contributed by atoms with Crippen molar-refractivity contribution < 1.29 is 4.76 Å². The van der Waals surface area contributed by atoms with Crippen molar-refractivity contribution in [2.45, 2.75) is 77.5 Å². The molecule has 0 saturated heterocycles. The van der Waals surface area contributed by atoms with Crippen LogP contribution < -0.4 is 0 Å². The van der Waals surface area contributed by atoms with Gasteiger partial charge in [0, 0.05) is 15.6 Å². The maximum Gasteiger partial charge on any atom is 0.364 e. The summed E-state index contributed by atoms with van der Waals surface area (Å²) in [6, 6.07) is 14.1. The Hall–Kier alpha value is -2.64. The van der Waals surface area contributed by atoms with Crippen molar-refractivity contribution in [3.05, 3.63) is 68.2 Å². The number of rotatable bonds is 2. The molecular formula is C28H31BrN4O2. The summed E-state index contributed by atoms with van der Waals surface area (Å²) in [5.41, 5.74) is -0.695. The van der Waals surface area contributed by atoms with Crippen LogP contribution in [0.5, 0.6) is 0 Å². The molecule has 0 bridgehead atoms. The van der Waals surface area contributed by atoms with Crippen LogP contribution in [0.25, 0.3) is 21.5 Å². The third kappa shape index (κ3) is 3.24. The Morgan fingerprint density at radius 1 is 0.800 bits per heavy atom. The fourth-order valence-corrected chi connectivity index (χ4v) is 5.31. The lowest BCUT2D eigenvalue weighted by Crippen LogP contribution is -2.50. The van der Waals surface area contributed by atoms with Crippen LogP contribution in [0.4, 0.5) is 0 Å². The van der Waals surface area contributed by atoms with Gasteiger partial charge in [-0.3, -0.25) is 4.99 Å². The van der Waals surface area contributed by atoms with Gasteiger partial charge in [-0.2, -0.15) is 0 Å². The fourth-order valence-electron chi connectivity index (χ4n) is 4.62. The normalized spacial score (nSPS) is 22.1. The predicted octanol–water partition coefficient (Wildman–Crippen LogP) is 6.97. The summed E-state index contributed by atoms with van der Waals surface area (Å²) in [7, 11) is 0. The van der Waals surface area contributed by atoms with Crippen molar-refractivity contribution in [2.24, 2.45) is 9.98 Å². The van der Waals surface area contributed by atoms with Gasteiger partial charge in [-0.25, -0.2) is 0 Å². The summed E-state index contributed by atoms with van der Waals surface area (Å²) >= 11 is 3.82. The number of halogens is 1. The Morgan fingerprint density at radius 3 is 1.83 bits per heavy atom. The molecule has 2 aliphatic heterocycles. The summed E-state index contributed by atoms with van der Waals surface area (Å²) in [5, 5.41) is 18.2. The number of nitrogens with zero attached hydrogens (tertiary/aromatic N) is 4. The van der Waals surface area contributed by atoms with Gasteiger partial charge in [0.1, 0.15) is 5.84 Å². The average molecular weight is 535 g/mol. The van der Waals surface area contributed by atoms with E-state index in [9.17, 15) is 10.1 Å². The standard InChI is InChI=1S/C28H31BrN4O2/c1-25(2)27(5,6)32(34)23(30-25)18-11-9-16-13-17-10-12-19(15-21(17)22(29)20(16)14-18)24-31-26(3,4)28(7,8)33(24)35/h9-15H,1-8H3. The van der Waals surface area contributed by atoms with Crippen molar-refractivity contribution in [2.75, 3.05) is 0 Å². The van der Waals surface area contributed by atoms with E-state index in [0.717, 1.165) is 47.0 Å². The molecule has 0 amide bonds. The highest BCUT2D eigenvalue weighted by Gasteiger charge is 2.59. The molecule has 0 saturated carbocycles. The highest BCUT2D eigenvalue weighted by molar-refractivity contribution is 9.10. The summed E-state index contributed by atoms with van der Waals surface area (Å²) in [5.74, 6) is 0.906. The van der Waals surface area contributed by atoms with Crippen LogP contribution in [0.15, 0.2) is 56.9 Å². The van der Waals surface area contributed by atoms with Crippen molar-refractivity contribution in [3.63, 3.8) is 0 Å². The number of amidine groups is 2. The second-order valence-electron chi connectivity index (χ2n) is 11.8. The molecule has 0 radical (unpaired) electrons. The lowest BCUT2D eigenvalue weighted by Gasteiger charge is -2.45. The highest BCUT2D eigenvalue weighted by Crippen LogP contribution is 2.41. The Balaban J connectivity index is 1.66. The summed E-state index contributed by atoms with van der Waals surface area (Å²) in [6.45, 7) is 15.7. The Labute approximate surface area is 214 Å². The van der Waals surface area contributed by atoms with E-state index >= 15 is 0 Å². The molecule has 3 aromatic rings. The molecule has 2 heterocycles. The maximum absolute atomic E-state index is 13.1. The minimum atomic E-state index is -0.638. The molecule has 0 fully saturated rings. The summed E-state index contributed by atoms with van der Waals surface area (Å²) < 4.78 is 1.95. The van der Waals surface area contributed by atoms with Crippen molar-refractivity contribution in [1.29, 1.82) is 0 Å². The molecule has 0 atom stereocenters. The van der Waals surface area contributed by atoms with Gasteiger partial charge in [0.2, 0.25) is 0 Å². The minimum absolute atomic E-state index is 0.453. The summed E-state index contributed by atoms with van der Waals surface area (Å²) in [6.07, 6.45) is 0. The third-order valence-electron chi connectivity index (χ3n) is 8.57. The molecule has 182 valence electrons. The van der Waals surface area contributed by atoms with Gasteiger partial charge in [-0.15, -0.1) is 0 Å². The zero-order chi connectivity index (χ0) is 25.7. The van der Waals surface area contributed by atoms with Gasteiger partial charge >= 0.3 is 5.84 Å². The first-order valence-electron chi connectivity index (χ1n) is 11.9. The van der Waals surface area contributed by atoms with E-state index in [1.165, 1.54) is 0 Å². The molecule has 2 aliphatic rings. The molecular weight excluding hydrogens is 504 g/mol. The number of benzene rings is 3. The number of fused-ring (bicyclic) bond motifs is 2. The molecule has 6 nitrogen and oxygen atoms in total. The fraction of sp³-hybridized carbons (Fsp3) is 0.429. The number of hydrogen-bond acceptors (Lipinski definition) is 5. The van der Waals surface area contributed by atoms with E-state index in [2.05, 4.69) is 22.0 Å². The van der Waals surface area contributed by atoms with E-state index in [-0.39, 0.29) is 0 Å². The second kappa shape index (κ2) is 7.20. The van der Waals surface area contributed by atoms with Crippen LogP contribution in [0.1, 0.15) is 66.5 Å². The minimum Gasteiger partial charge on any atom is -0.757 e. The average Bonchev–Trinajstić information content (AvgIpc) is 3.06. The zero-order valence-corrected chi connectivity index (χ0v) is 23.1. The molecule has 0 aliphatic carbocycles. The molecule has 3 aromatic carbocycles. The van der Waals surface area contributed by atoms with Crippen molar-refractivity contribution in [3.8, 4) is 0 Å². The van der Waals surface area contributed by atoms with Gasteiger partial charge in [0.25, 0.3) is 0 Å². The number of nitroso groups, excluding NO2 is 1. The lowest BCUT2D eigenvalue weighted by molar-refractivity contribution is -0.514. The monoisotopic (exact) mass is 534 g/mol. The quantitative estimate of drug-likeness (QED) is 0.263. The van der Waals surface area contributed by atoms with E-state index in [1.54, 1.807) is 0 Å². The molecule has 0 spiro atoms. The molecule has 35 heavy (non-hydrogen) atoms. The SMILES string of the molecule is CC1(C)N=C(c2ccc3cc4ccc(C5=NC(C)(C)C(C)(C)[N+]5=O)cc4c(Br)c3c2)N([O-])C1(C)C. The first-order valence-corrected chi connectivity index (χ1v) is 12.7. The van der Waals surface area contributed by atoms with Crippen LogP contribution in [0.2, 0.25) is 0 Å². The van der Waals surface area contributed by atoms with E-state index in [0.29, 0.717) is 11.7 Å². The Kier molecular flexibility index (Phi) is 4.95. The van der Waals surface area contributed by atoms with E-state index in [1.807, 2.05) is 91.8 Å². The van der Waals surface area contributed by atoms with Crippen LogP contribution in [-0.4, -0.2) is 43.7 Å². The molecule has 5 rings (SSSR count). The topological polar surface area (TPSA) is 71.1 Å². The van der Waals surface area contributed by atoms with Gasteiger partial charge in [-0.05, 0) is 122 Å². The van der Waals surface area contributed by atoms with Gasteiger partial charge in [0.05, 0.1) is 11.1 Å². The largest absolute Gasteiger partial charge is 0.757 e. The first-order chi connectivity index (χ1) is 16.1. The zero-order valence-electron chi connectivity index (χ0n) is 21.5. The second-order valence-corrected chi connectivity index (χ2v) is 12.6. The van der Waals surface area contributed by atoms with Crippen LogP contribution >= 0.6 is 15.9 Å². The van der Waals surface area contributed by atoms with Gasteiger partial charge in [0.15, 0.2) is 11.1 Å². The number of hydroxylamine groups is 2. The molecule has 0 N–H and O–H groups in total. The van der Waals surface area contributed by atoms with Gasteiger partial charge in [-0.1, -0.05) is 28.1 Å². The summed E-state index contributed by atoms with van der Waals surface area (Å²) in [4.78, 5) is 22.7. The lowest BCUT2D eigenvalue weighted by atomic mass is 9.84. The number of hydrogen-bond donors (Lipinski definition) is 0. The first kappa shape index (κ1) is 24.1. The number of aliphatic imine (C=N–C) groups is 2. The highest BCUT2D eigenvalue weighted by atomic mass is 79.9. The van der Waals surface area contributed by atoms with Crippen LogP contribution in [0, 0.1) is 10.1 Å². The molecule has 7 heteroatoms. The predicted molar refractivity (Wildman–Crippen MR) is 147 cm³/mol. The maximum atomic E-state index is 13.1.